The van der Waals surface area contributed by atoms with Gasteiger partial charge in [-0.25, -0.2) is 8.78 Å². The van der Waals surface area contributed by atoms with E-state index in [0.29, 0.717) is 22.0 Å². The maximum Gasteiger partial charge on any atom is 0.148 e. The number of halogens is 3. The number of hydrogen-bond donors (Lipinski definition) is 2. The second kappa shape index (κ2) is 6.42. The Morgan fingerprint density at radius 3 is 2.59 bits per heavy atom. The van der Waals surface area contributed by atoms with Gasteiger partial charge in [0.1, 0.15) is 11.6 Å². The van der Waals surface area contributed by atoms with Gasteiger partial charge in [0, 0.05) is 27.4 Å². The number of nitrogens with one attached hydrogen (secondary N) is 2. The highest BCUT2D eigenvalue weighted by Crippen LogP contribution is 2.29. The quantitative estimate of drug-likeness (QED) is 0.595. The summed E-state index contributed by atoms with van der Waals surface area (Å²) in [6.45, 7) is 0. The molecule has 0 radical (unpaired) electrons. The van der Waals surface area contributed by atoms with E-state index in [1.165, 1.54) is 24.1 Å². The van der Waals surface area contributed by atoms with Crippen LogP contribution in [0.2, 0.25) is 5.02 Å². The highest BCUT2D eigenvalue weighted by Gasteiger charge is 2.08. The molecule has 0 amide bonds. The van der Waals surface area contributed by atoms with Crippen LogP contribution in [0, 0.1) is 11.6 Å². The first-order valence-electron chi connectivity index (χ1n) is 6.45. The van der Waals surface area contributed by atoms with E-state index in [1.807, 2.05) is 0 Å². The number of anilines is 1. The van der Waals surface area contributed by atoms with Crippen LogP contribution in [-0.2, 0) is 0 Å². The third-order valence-electron chi connectivity index (χ3n) is 3.03. The summed E-state index contributed by atoms with van der Waals surface area (Å²) >= 11 is 6.93. The summed E-state index contributed by atoms with van der Waals surface area (Å²) in [6, 6.07) is 12.7. The minimum absolute atomic E-state index is 0.294. The van der Waals surface area contributed by atoms with Gasteiger partial charge in [-0.15, -0.1) is 0 Å². The molecule has 2 nitrogen and oxygen atoms in total. The first kappa shape index (κ1) is 14.9. The van der Waals surface area contributed by atoms with Gasteiger partial charge < -0.3 is 9.71 Å². The van der Waals surface area contributed by atoms with Gasteiger partial charge in [0.05, 0.1) is 5.69 Å². The molecular weight excluding hydrogens is 326 g/mol. The molecule has 0 saturated heterocycles. The largest absolute Gasteiger partial charge is 0.360 e. The molecule has 0 aliphatic heterocycles. The van der Waals surface area contributed by atoms with E-state index < -0.39 is 5.82 Å². The summed E-state index contributed by atoms with van der Waals surface area (Å²) in [6.07, 6.45) is 1.73. The molecule has 0 saturated carbocycles. The Morgan fingerprint density at radius 1 is 1.00 bits per heavy atom. The van der Waals surface area contributed by atoms with Crippen molar-refractivity contribution in [2.24, 2.45) is 0 Å². The Labute approximate surface area is 135 Å². The van der Waals surface area contributed by atoms with Crippen LogP contribution in [0.25, 0.3) is 11.3 Å². The van der Waals surface area contributed by atoms with Gasteiger partial charge in [0.2, 0.25) is 0 Å². The normalized spacial score (nSPS) is 10.7. The van der Waals surface area contributed by atoms with Crippen LogP contribution >= 0.6 is 23.5 Å². The zero-order chi connectivity index (χ0) is 15.5. The third kappa shape index (κ3) is 3.26. The maximum atomic E-state index is 13.7. The Kier molecular flexibility index (Phi) is 4.36. The summed E-state index contributed by atoms with van der Waals surface area (Å²) < 4.78 is 30.3. The second-order valence-electron chi connectivity index (χ2n) is 4.56. The standard InChI is InChI=1S/C16H11ClF2N2S/c17-10-5-6-15(14(19)7-10)21-22-11-8-16(20-9-11)12-3-1-2-4-13(12)18/h1-9,20-21H. The molecule has 0 atom stereocenters. The van der Waals surface area contributed by atoms with Crippen LogP contribution in [0.5, 0.6) is 0 Å². The van der Waals surface area contributed by atoms with Crippen LogP contribution in [0.4, 0.5) is 14.5 Å². The minimum atomic E-state index is -0.426. The highest BCUT2D eigenvalue weighted by atomic mass is 35.5. The summed E-state index contributed by atoms with van der Waals surface area (Å²) in [4.78, 5) is 3.82. The van der Waals surface area contributed by atoms with Crippen molar-refractivity contribution in [1.29, 1.82) is 0 Å². The molecule has 22 heavy (non-hydrogen) atoms. The number of benzene rings is 2. The molecule has 2 aromatic carbocycles. The highest BCUT2D eigenvalue weighted by molar-refractivity contribution is 8.00. The molecule has 6 heteroatoms. The summed E-state index contributed by atoms with van der Waals surface area (Å²) in [5, 5.41) is 0.344. The number of aromatic nitrogens is 1. The molecule has 0 unspecified atom stereocenters. The topological polar surface area (TPSA) is 27.8 Å². The van der Waals surface area contributed by atoms with E-state index in [1.54, 1.807) is 42.6 Å². The van der Waals surface area contributed by atoms with Crippen LogP contribution in [-0.4, -0.2) is 4.98 Å². The van der Waals surface area contributed by atoms with Gasteiger partial charge in [-0.3, -0.25) is 0 Å². The van der Waals surface area contributed by atoms with Crippen molar-refractivity contribution in [2.45, 2.75) is 4.90 Å². The van der Waals surface area contributed by atoms with Gasteiger partial charge in [-0.05, 0) is 48.3 Å². The third-order valence-corrected chi connectivity index (χ3v) is 4.06. The minimum Gasteiger partial charge on any atom is -0.360 e. The Hall–Kier alpha value is -1.98. The van der Waals surface area contributed by atoms with E-state index in [0.717, 1.165) is 4.90 Å². The van der Waals surface area contributed by atoms with Crippen molar-refractivity contribution >= 4 is 29.2 Å². The van der Waals surface area contributed by atoms with E-state index >= 15 is 0 Å². The van der Waals surface area contributed by atoms with Gasteiger partial charge in [-0.2, -0.15) is 0 Å². The SMILES string of the molecule is Fc1cc(Cl)ccc1NSc1c[nH]c(-c2ccccc2F)c1. The van der Waals surface area contributed by atoms with Crippen LogP contribution in [0.1, 0.15) is 0 Å². The molecule has 2 N–H and O–H groups in total. The fraction of sp³-hybridized carbons (Fsp3) is 0. The smallest absolute Gasteiger partial charge is 0.148 e. The zero-order valence-electron chi connectivity index (χ0n) is 11.2. The molecule has 0 bridgehead atoms. The monoisotopic (exact) mass is 336 g/mol. The molecule has 3 rings (SSSR count). The number of aromatic amines is 1. The second-order valence-corrected chi connectivity index (χ2v) is 5.87. The van der Waals surface area contributed by atoms with Crippen molar-refractivity contribution in [3.05, 3.63) is 71.4 Å². The molecule has 0 fully saturated rings. The fourth-order valence-electron chi connectivity index (χ4n) is 1.95. The van der Waals surface area contributed by atoms with Gasteiger partial charge >= 0.3 is 0 Å². The van der Waals surface area contributed by atoms with Crippen LogP contribution < -0.4 is 4.72 Å². The van der Waals surface area contributed by atoms with E-state index in [9.17, 15) is 8.78 Å². The molecule has 1 aromatic heterocycles. The van der Waals surface area contributed by atoms with Crippen molar-refractivity contribution in [3.8, 4) is 11.3 Å². The average Bonchev–Trinajstić information content (AvgIpc) is 2.95. The predicted molar refractivity (Wildman–Crippen MR) is 87.1 cm³/mol. The van der Waals surface area contributed by atoms with Crippen molar-refractivity contribution in [2.75, 3.05) is 4.72 Å². The maximum absolute atomic E-state index is 13.7. The lowest BCUT2D eigenvalue weighted by Gasteiger charge is -2.05. The molecule has 0 aliphatic rings. The Morgan fingerprint density at radius 2 is 1.82 bits per heavy atom. The lowest BCUT2D eigenvalue weighted by atomic mass is 10.1. The lowest BCUT2D eigenvalue weighted by molar-refractivity contribution is 0.631. The first-order chi connectivity index (χ1) is 10.6. The molecule has 0 aliphatic carbocycles. The zero-order valence-corrected chi connectivity index (χ0v) is 12.8. The van der Waals surface area contributed by atoms with E-state index in [4.69, 9.17) is 11.6 Å². The van der Waals surface area contributed by atoms with Gasteiger partial charge in [-0.1, -0.05) is 23.7 Å². The van der Waals surface area contributed by atoms with Crippen molar-refractivity contribution in [1.82, 2.24) is 4.98 Å². The van der Waals surface area contributed by atoms with Crippen molar-refractivity contribution in [3.63, 3.8) is 0 Å². The molecule has 1 heterocycles. The molecule has 112 valence electrons. The number of rotatable bonds is 4. The number of hydrogen-bond acceptors (Lipinski definition) is 2. The fourth-order valence-corrected chi connectivity index (χ4v) is 2.80. The average molecular weight is 337 g/mol. The summed E-state index contributed by atoms with van der Waals surface area (Å²) in [5.41, 5.74) is 1.49. The molecule has 3 aromatic rings. The molecular formula is C16H11ClF2N2S. The Balaban J connectivity index is 1.74. The summed E-state index contributed by atoms with van der Waals surface area (Å²) in [7, 11) is 0. The van der Waals surface area contributed by atoms with Gasteiger partial charge in [0.15, 0.2) is 0 Å². The van der Waals surface area contributed by atoms with Crippen LogP contribution in [0.3, 0.4) is 0 Å². The van der Waals surface area contributed by atoms with Crippen LogP contribution in [0.15, 0.2) is 59.6 Å². The Bertz CT molecular complexity index is 804. The van der Waals surface area contributed by atoms with E-state index in [-0.39, 0.29) is 5.82 Å². The van der Waals surface area contributed by atoms with E-state index in [2.05, 4.69) is 9.71 Å². The summed E-state index contributed by atoms with van der Waals surface area (Å²) in [5.74, 6) is -0.720. The van der Waals surface area contributed by atoms with Crippen molar-refractivity contribution < 1.29 is 8.78 Å². The first-order valence-corrected chi connectivity index (χ1v) is 7.64. The molecule has 0 spiro atoms. The van der Waals surface area contributed by atoms with Gasteiger partial charge in [0.25, 0.3) is 0 Å². The predicted octanol–water partition coefficient (Wildman–Crippen LogP) is 5.73. The lowest BCUT2D eigenvalue weighted by Crippen LogP contribution is -1.89. The number of H-pyrrole nitrogens is 1.